The van der Waals surface area contributed by atoms with Crippen LogP contribution in [-0.2, 0) is 17.8 Å². The van der Waals surface area contributed by atoms with Crippen LogP contribution in [0.3, 0.4) is 0 Å². The zero-order valence-corrected chi connectivity index (χ0v) is 9.36. The van der Waals surface area contributed by atoms with Crippen LogP contribution in [0.5, 0.6) is 5.75 Å². The predicted molar refractivity (Wildman–Crippen MR) is 60.8 cm³/mol. The number of aromatic hydroxyl groups is 1. The largest absolute Gasteiger partial charge is 0.508 e. The lowest BCUT2D eigenvalue weighted by Gasteiger charge is -2.09. The summed E-state index contributed by atoms with van der Waals surface area (Å²) in [4.78, 5) is 0. The molecule has 15 heavy (non-hydrogen) atoms. The van der Waals surface area contributed by atoms with Gasteiger partial charge in [-0.2, -0.15) is 0 Å². The van der Waals surface area contributed by atoms with Gasteiger partial charge < -0.3 is 15.6 Å². The maximum Gasteiger partial charge on any atom is 0.119 e. The van der Waals surface area contributed by atoms with Gasteiger partial charge in [0.15, 0.2) is 0 Å². The molecule has 0 aliphatic heterocycles. The van der Waals surface area contributed by atoms with Crippen molar-refractivity contribution in [1.29, 1.82) is 0 Å². The molecule has 0 aromatic heterocycles. The number of benzene rings is 1. The lowest BCUT2D eigenvalue weighted by molar-refractivity contribution is 0.0656. The van der Waals surface area contributed by atoms with Gasteiger partial charge in [-0.15, -0.1) is 0 Å². The Bertz CT molecular complexity index is 310. The van der Waals surface area contributed by atoms with Crippen molar-refractivity contribution in [3.8, 4) is 5.75 Å². The molecule has 0 radical (unpaired) electrons. The summed E-state index contributed by atoms with van der Waals surface area (Å²) in [7, 11) is 0. The summed E-state index contributed by atoms with van der Waals surface area (Å²) in [5, 5.41) is 9.68. The molecule has 0 fully saturated rings. The first-order chi connectivity index (χ1) is 7.13. The molecular weight excluding hydrogens is 190 g/mol. The van der Waals surface area contributed by atoms with Gasteiger partial charge in [-0.1, -0.05) is 12.1 Å². The van der Waals surface area contributed by atoms with E-state index < -0.39 is 0 Å². The molecule has 1 rings (SSSR count). The van der Waals surface area contributed by atoms with E-state index in [0.717, 1.165) is 11.1 Å². The molecule has 84 valence electrons. The van der Waals surface area contributed by atoms with Gasteiger partial charge in [0.05, 0.1) is 12.7 Å². The first-order valence-corrected chi connectivity index (χ1v) is 5.26. The topological polar surface area (TPSA) is 55.5 Å². The number of ether oxygens (including phenoxy) is 1. The van der Waals surface area contributed by atoms with Crippen LogP contribution in [0.15, 0.2) is 18.2 Å². The first-order valence-electron chi connectivity index (χ1n) is 5.26. The molecule has 0 unspecified atom stereocenters. The molecule has 3 N–H and O–H groups in total. The Labute approximate surface area is 90.9 Å². The number of hydrogen-bond donors (Lipinski definition) is 2. The lowest BCUT2D eigenvalue weighted by Crippen LogP contribution is -2.04. The summed E-state index contributed by atoms with van der Waals surface area (Å²) in [5.41, 5.74) is 7.31. The van der Waals surface area contributed by atoms with E-state index in [9.17, 15) is 5.11 Å². The van der Waals surface area contributed by atoms with Crippen LogP contribution in [0.2, 0.25) is 0 Å². The molecule has 3 heteroatoms. The molecule has 0 bridgehead atoms. The number of hydrogen-bond acceptors (Lipinski definition) is 3. The molecular formula is C12H19NO2. The maximum atomic E-state index is 9.68. The highest BCUT2D eigenvalue weighted by atomic mass is 16.5. The molecule has 1 aromatic carbocycles. The summed E-state index contributed by atoms with van der Waals surface area (Å²) in [6.45, 7) is 5.06. The van der Waals surface area contributed by atoms with Crippen LogP contribution in [0.1, 0.15) is 25.0 Å². The Kier molecular flexibility index (Phi) is 4.59. The van der Waals surface area contributed by atoms with Crippen LogP contribution in [0.4, 0.5) is 0 Å². The number of phenols is 1. The minimum atomic E-state index is 0.205. The van der Waals surface area contributed by atoms with Crippen molar-refractivity contribution in [1.82, 2.24) is 0 Å². The molecule has 0 atom stereocenters. The average Bonchev–Trinajstić information content (AvgIpc) is 2.19. The van der Waals surface area contributed by atoms with E-state index in [1.54, 1.807) is 6.07 Å². The monoisotopic (exact) mass is 209 g/mol. The summed E-state index contributed by atoms with van der Waals surface area (Å²) < 4.78 is 5.45. The van der Waals surface area contributed by atoms with Crippen LogP contribution in [-0.4, -0.2) is 17.8 Å². The van der Waals surface area contributed by atoms with Gasteiger partial charge in [0, 0.05) is 0 Å². The van der Waals surface area contributed by atoms with Crippen molar-refractivity contribution in [2.45, 2.75) is 33.0 Å². The maximum absolute atomic E-state index is 9.68. The van der Waals surface area contributed by atoms with Crippen LogP contribution in [0, 0.1) is 0 Å². The van der Waals surface area contributed by atoms with Crippen molar-refractivity contribution in [2.24, 2.45) is 5.73 Å². The van der Waals surface area contributed by atoms with E-state index in [0.29, 0.717) is 25.3 Å². The molecule has 0 saturated carbocycles. The van der Waals surface area contributed by atoms with Crippen molar-refractivity contribution < 1.29 is 9.84 Å². The van der Waals surface area contributed by atoms with Crippen molar-refractivity contribution >= 4 is 0 Å². The fourth-order valence-corrected chi connectivity index (χ4v) is 1.33. The highest BCUT2D eigenvalue weighted by Gasteiger charge is 2.02. The molecule has 0 aliphatic rings. The van der Waals surface area contributed by atoms with Gasteiger partial charge in [0.25, 0.3) is 0 Å². The third-order valence-electron chi connectivity index (χ3n) is 2.15. The van der Waals surface area contributed by atoms with E-state index in [4.69, 9.17) is 10.5 Å². The smallest absolute Gasteiger partial charge is 0.119 e. The Hall–Kier alpha value is -1.06. The Balaban J connectivity index is 2.64. The minimum absolute atomic E-state index is 0.205. The second-order valence-corrected chi connectivity index (χ2v) is 3.86. The van der Waals surface area contributed by atoms with E-state index in [1.165, 1.54) is 0 Å². The van der Waals surface area contributed by atoms with E-state index >= 15 is 0 Å². The van der Waals surface area contributed by atoms with Gasteiger partial charge in [0.1, 0.15) is 5.75 Å². The fraction of sp³-hybridized carbons (Fsp3) is 0.500. The van der Waals surface area contributed by atoms with Gasteiger partial charge in [-0.3, -0.25) is 0 Å². The molecule has 3 nitrogen and oxygen atoms in total. The molecule has 0 aliphatic carbocycles. The van der Waals surface area contributed by atoms with Crippen molar-refractivity contribution in [3.05, 3.63) is 29.3 Å². The number of rotatable bonds is 5. The van der Waals surface area contributed by atoms with Crippen LogP contribution >= 0.6 is 0 Å². The molecule has 0 spiro atoms. The second-order valence-electron chi connectivity index (χ2n) is 3.86. The van der Waals surface area contributed by atoms with E-state index in [2.05, 4.69) is 0 Å². The molecule has 0 saturated heterocycles. The zero-order valence-electron chi connectivity index (χ0n) is 9.36. The quantitative estimate of drug-likeness (QED) is 0.777. The van der Waals surface area contributed by atoms with Crippen LogP contribution in [0.25, 0.3) is 0 Å². The molecule has 0 amide bonds. The average molecular weight is 209 g/mol. The van der Waals surface area contributed by atoms with Crippen LogP contribution < -0.4 is 5.73 Å². The van der Waals surface area contributed by atoms with E-state index in [1.807, 2.05) is 26.0 Å². The molecule has 0 heterocycles. The Morgan fingerprint density at radius 1 is 1.40 bits per heavy atom. The lowest BCUT2D eigenvalue weighted by atomic mass is 10.1. The Morgan fingerprint density at radius 2 is 2.13 bits per heavy atom. The van der Waals surface area contributed by atoms with Gasteiger partial charge >= 0.3 is 0 Å². The third-order valence-corrected chi connectivity index (χ3v) is 2.15. The number of nitrogens with two attached hydrogens (primary N) is 1. The predicted octanol–water partition coefficient (Wildman–Crippen LogP) is 1.82. The zero-order chi connectivity index (χ0) is 11.3. The Morgan fingerprint density at radius 3 is 2.67 bits per heavy atom. The summed E-state index contributed by atoms with van der Waals surface area (Å²) >= 11 is 0. The fourth-order valence-electron chi connectivity index (χ4n) is 1.33. The van der Waals surface area contributed by atoms with Crippen molar-refractivity contribution in [3.63, 3.8) is 0 Å². The second kappa shape index (κ2) is 5.73. The molecule has 1 aromatic rings. The highest BCUT2D eigenvalue weighted by molar-refractivity contribution is 5.36. The number of phenolic OH excluding ortho intramolecular Hbond substituents is 1. The standard InChI is InChI=1S/C12H19NO2/c1-9(2)15-8-10-3-4-11(5-6-13)12(14)7-10/h3-4,7,9,14H,5-6,8,13H2,1-2H3. The minimum Gasteiger partial charge on any atom is -0.508 e. The van der Waals surface area contributed by atoms with Gasteiger partial charge in [-0.05, 0) is 44.0 Å². The summed E-state index contributed by atoms with van der Waals surface area (Å²) in [5.74, 6) is 0.310. The normalized spacial score (nSPS) is 10.9. The SMILES string of the molecule is CC(C)OCc1ccc(CCN)c(O)c1. The van der Waals surface area contributed by atoms with Gasteiger partial charge in [-0.25, -0.2) is 0 Å². The third kappa shape index (κ3) is 3.90. The summed E-state index contributed by atoms with van der Waals surface area (Å²) in [6.07, 6.45) is 0.910. The first kappa shape index (κ1) is 12.0. The van der Waals surface area contributed by atoms with E-state index in [-0.39, 0.29) is 6.10 Å². The summed E-state index contributed by atoms with van der Waals surface area (Å²) in [6, 6.07) is 5.61. The van der Waals surface area contributed by atoms with Crippen molar-refractivity contribution in [2.75, 3.05) is 6.54 Å². The highest BCUT2D eigenvalue weighted by Crippen LogP contribution is 2.19. The van der Waals surface area contributed by atoms with Gasteiger partial charge in [0.2, 0.25) is 0 Å².